The Balaban J connectivity index is 1.53. The summed E-state index contributed by atoms with van der Waals surface area (Å²) >= 11 is 0. The summed E-state index contributed by atoms with van der Waals surface area (Å²) in [5.74, 6) is 1.80. The van der Waals surface area contributed by atoms with Crippen molar-refractivity contribution in [2.75, 3.05) is 26.3 Å². The number of carbonyl (C=O) groups excluding carboxylic acids is 1. The predicted molar refractivity (Wildman–Crippen MR) is 99.4 cm³/mol. The number of benzene rings is 1. The summed E-state index contributed by atoms with van der Waals surface area (Å²) in [4.78, 5) is 14.8. The van der Waals surface area contributed by atoms with Gasteiger partial charge in [-0.1, -0.05) is 5.21 Å². The average Bonchev–Trinajstić information content (AvgIpc) is 3.08. The first kappa shape index (κ1) is 17.8. The van der Waals surface area contributed by atoms with Gasteiger partial charge in [0.1, 0.15) is 13.2 Å². The molecule has 8 heteroatoms. The minimum atomic E-state index is -0.0700. The van der Waals surface area contributed by atoms with Gasteiger partial charge in [0.25, 0.3) is 5.91 Å². The van der Waals surface area contributed by atoms with Crippen LogP contribution in [0.15, 0.2) is 18.2 Å². The summed E-state index contributed by atoms with van der Waals surface area (Å²) in [6.45, 7) is 6.38. The van der Waals surface area contributed by atoms with E-state index in [0.29, 0.717) is 49.4 Å². The van der Waals surface area contributed by atoms with Crippen molar-refractivity contribution in [2.45, 2.75) is 32.7 Å². The Morgan fingerprint density at radius 1 is 1.22 bits per heavy atom. The second-order valence-electron chi connectivity index (χ2n) is 7.25. The molecule has 1 atom stereocenters. The zero-order valence-corrected chi connectivity index (χ0v) is 15.7. The number of nitrogens with two attached hydrogens (primary N) is 1. The lowest BCUT2D eigenvalue weighted by atomic mass is 9.91. The van der Waals surface area contributed by atoms with Gasteiger partial charge in [-0.25, -0.2) is 4.68 Å². The highest BCUT2D eigenvalue weighted by molar-refractivity contribution is 5.93. The molecule has 3 heterocycles. The number of rotatable bonds is 3. The van der Waals surface area contributed by atoms with Crippen LogP contribution in [-0.4, -0.2) is 58.1 Å². The van der Waals surface area contributed by atoms with Crippen molar-refractivity contribution in [2.24, 2.45) is 11.7 Å². The van der Waals surface area contributed by atoms with Gasteiger partial charge in [0.05, 0.1) is 11.4 Å². The van der Waals surface area contributed by atoms with E-state index in [-0.39, 0.29) is 11.9 Å². The fourth-order valence-electron chi connectivity index (χ4n) is 3.71. The molecule has 1 aromatic carbocycles. The minimum absolute atomic E-state index is 0.0700. The van der Waals surface area contributed by atoms with Crippen molar-refractivity contribution in [1.82, 2.24) is 19.9 Å². The van der Waals surface area contributed by atoms with Crippen molar-refractivity contribution in [3.05, 3.63) is 29.6 Å². The van der Waals surface area contributed by atoms with Crippen molar-refractivity contribution in [1.29, 1.82) is 0 Å². The Bertz CT molecular complexity index is 840. The topological polar surface area (TPSA) is 95.5 Å². The smallest absolute Gasteiger partial charge is 0.276 e. The Labute approximate surface area is 158 Å². The molecule has 2 aromatic rings. The molecule has 0 aliphatic carbocycles. The summed E-state index contributed by atoms with van der Waals surface area (Å²) in [6.07, 6.45) is 1.86. The highest BCUT2D eigenvalue weighted by Gasteiger charge is 2.28. The Morgan fingerprint density at radius 2 is 1.93 bits per heavy atom. The third-order valence-electron chi connectivity index (χ3n) is 5.44. The summed E-state index contributed by atoms with van der Waals surface area (Å²) in [5, 5.41) is 8.36. The van der Waals surface area contributed by atoms with Crippen molar-refractivity contribution in [3.8, 4) is 17.2 Å². The molecule has 0 bridgehead atoms. The highest BCUT2D eigenvalue weighted by atomic mass is 16.6. The van der Waals surface area contributed by atoms with E-state index < -0.39 is 0 Å². The molecule has 1 aromatic heterocycles. The molecule has 4 rings (SSSR count). The quantitative estimate of drug-likeness (QED) is 0.879. The van der Waals surface area contributed by atoms with Crippen LogP contribution >= 0.6 is 0 Å². The van der Waals surface area contributed by atoms with Crippen molar-refractivity contribution < 1.29 is 14.3 Å². The van der Waals surface area contributed by atoms with E-state index >= 15 is 0 Å². The van der Waals surface area contributed by atoms with E-state index in [1.165, 1.54) is 0 Å². The molecule has 1 saturated heterocycles. The summed E-state index contributed by atoms with van der Waals surface area (Å²) in [6, 6.07) is 5.77. The van der Waals surface area contributed by atoms with E-state index in [9.17, 15) is 4.79 Å². The molecule has 2 N–H and O–H groups in total. The molecule has 27 heavy (non-hydrogen) atoms. The van der Waals surface area contributed by atoms with Gasteiger partial charge >= 0.3 is 0 Å². The van der Waals surface area contributed by atoms with Gasteiger partial charge in [-0.15, -0.1) is 5.10 Å². The van der Waals surface area contributed by atoms with Gasteiger partial charge in [-0.2, -0.15) is 0 Å². The number of aromatic nitrogens is 3. The van der Waals surface area contributed by atoms with E-state index in [1.54, 1.807) is 4.68 Å². The Morgan fingerprint density at radius 3 is 2.63 bits per heavy atom. The molecule has 144 valence electrons. The number of likely N-dealkylation sites (tertiary alicyclic amines) is 1. The van der Waals surface area contributed by atoms with Gasteiger partial charge in [-0.05, 0) is 44.7 Å². The average molecular weight is 371 g/mol. The van der Waals surface area contributed by atoms with E-state index in [1.807, 2.05) is 36.9 Å². The molecule has 1 amide bonds. The summed E-state index contributed by atoms with van der Waals surface area (Å²) in [5.41, 5.74) is 7.89. The highest BCUT2D eigenvalue weighted by Crippen LogP contribution is 2.32. The first-order valence-corrected chi connectivity index (χ1v) is 9.42. The number of carbonyl (C=O) groups is 1. The van der Waals surface area contributed by atoms with Gasteiger partial charge < -0.3 is 20.1 Å². The lowest BCUT2D eigenvalue weighted by molar-refractivity contribution is 0.0674. The minimum Gasteiger partial charge on any atom is -0.486 e. The fraction of sp³-hybridized carbons (Fsp3) is 0.526. The normalized spacial score (nSPS) is 18.4. The second kappa shape index (κ2) is 7.19. The van der Waals surface area contributed by atoms with Crippen LogP contribution in [0.2, 0.25) is 0 Å². The molecule has 1 unspecified atom stereocenters. The second-order valence-corrected chi connectivity index (χ2v) is 7.25. The number of ether oxygens (including phenoxy) is 2. The maximum absolute atomic E-state index is 12.9. The first-order chi connectivity index (χ1) is 13.0. The zero-order valence-electron chi connectivity index (χ0n) is 15.7. The third kappa shape index (κ3) is 3.37. The fourth-order valence-corrected chi connectivity index (χ4v) is 3.71. The monoisotopic (exact) mass is 371 g/mol. The van der Waals surface area contributed by atoms with Crippen LogP contribution in [0.4, 0.5) is 0 Å². The van der Waals surface area contributed by atoms with Gasteiger partial charge in [0, 0.05) is 25.2 Å². The van der Waals surface area contributed by atoms with Crippen LogP contribution in [0.5, 0.6) is 11.5 Å². The zero-order chi connectivity index (χ0) is 19.0. The van der Waals surface area contributed by atoms with Gasteiger partial charge in [0.15, 0.2) is 17.2 Å². The molecule has 2 aliphatic rings. The number of hydrogen-bond acceptors (Lipinski definition) is 6. The maximum Gasteiger partial charge on any atom is 0.276 e. The van der Waals surface area contributed by atoms with Crippen LogP contribution in [0.1, 0.15) is 35.9 Å². The van der Waals surface area contributed by atoms with Crippen LogP contribution in [0.3, 0.4) is 0 Å². The van der Waals surface area contributed by atoms with Crippen LogP contribution < -0.4 is 15.2 Å². The standard InChI is InChI=1S/C19H25N5O3/c1-12(20)14-5-7-23(8-6-14)19(25)18-13(2)24(22-21-18)15-3-4-16-17(11-15)27-10-9-26-16/h3-4,11-12,14H,5-10,20H2,1-2H3. The van der Waals surface area contributed by atoms with Crippen LogP contribution in [-0.2, 0) is 0 Å². The van der Waals surface area contributed by atoms with Crippen molar-refractivity contribution >= 4 is 5.91 Å². The van der Waals surface area contributed by atoms with Gasteiger partial charge in [-0.3, -0.25) is 4.79 Å². The SMILES string of the molecule is Cc1c(C(=O)N2CCC(C(C)N)CC2)nnn1-c1ccc2c(c1)OCCO2. The summed E-state index contributed by atoms with van der Waals surface area (Å²) < 4.78 is 12.9. The Hall–Kier alpha value is -2.61. The molecular formula is C19H25N5O3. The lowest BCUT2D eigenvalue weighted by Crippen LogP contribution is -2.42. The molecular weight excluding hydrogens is 346 g/mol. The first-order valence-electron chi connectivity index (χ1n) is 9.42. The van der Waals surface area contributed by atoms with Gasteiger partial charge in [0.2, 0.25) is 0 Å². The lowest BCUT2D eigenvalue weighted by Gasteiger charge is -2.33. The van der Waals surface area contributed by atoms with E-state index in [0.717, 1.165) is 24.3 Å². The third-order valence-corrected chi connectivity index (χ3v) is 5.44. The number of nitrogens with zero attached hydrogens (tertiary/aromatic N) is 4. The number of amides is 1. The summed E-state index contributed by atoms with van der Waals surface area (Å²) in [7, 11) is 0. The molecule has 2 aliphatic heterocycles. The number of fused-ring (bicyclic) bond motifs is 1. The van der Waals surface area contributed by atoms with Crippen molar-refractivity contribution in [3.63, 3.8) is 0 Å². The predicted octanol–water partition coefficient (Wildman–Crippen LogP) is 1.55. The number of piperidine rings is 1. The van der Waals surface area contributed by atoms with Crippen LogP contribution in [0, 0.1) is 12.8 Å². The molecule has 8 nitrogen and oxygen atoms in total. The largest absolute Gasteiger partial charge is 0.486 e. The number of hydrogen-bond donors (Lipinski definition) is 1. The van der Waals surface area contributed by atoms with E-state index in [2.05, 4.69) is 10.3 Å². The molecule has 0 spiro atoms. The molecule has 0 saturated carbocycles. The maximum atomic E-state index is 12.9. The Kier molecular flexibility index (Phi) is 4.73. The van der Waals surface area contributed by atoms with E-state index in [4.69, 9.17) is 15.2 Å². The molecule has 1 fully saturated rings. The van der Waals surface area contributed by atoms with Crippen LogP contribution in [0.25, 0.3) is 5.69 Å². The molecule has 0 radical (unpaired) electrons.